The number of esters is 3. The van der Waals surface area contributed by atoms with E-state index in [1.807, 2.05) is 0 Å². The van der Waals surface area contributed by atoms with E-state index in [1.165, 1.54) is 7.11 Å². The molecule has 0 N–H and O–H groups in total. The first-order valence-electron chi connectivity index (χ1n) is 10.2. The molecule has 0 saturated carbocycles. The van der Waals surface area contributed by atoms with Crippen LogP contribution in [-0.2, 0) is 28.5 Å². The van der Waals surface area contributed by atoms with Crippen LogP contribution >= 0.6 is 22.6 Å². The average molecular weight is 548 g/mol. The summed E-state index contributed by atoms with van der Waals surface area (Å²) in [4.78, 5) is 36.4. The van der Waals surface area contributed by atoms with Crippen LogP contribution in [0.25, 0.3) is 0 Å². The molecule has 1 fully saturated rings. The van der Waals surface area contributed by atoms with Gasteiger partial charge in [-0.15, -0.1) is 0 Å². The zero-order valence-corrected chi connectivity index (χ0v) is 20.5. The number of hydrogen-bond donors (Lipinski definition) is 0. The minimum Gasteiger partial charge on any atom is -0.496 e. The second kappa shape index (κ2) is 11.7. The fraction of sp³-hybridized carbons (Fsp3) is 0.591. The van der Waals surface area contributed by atoms with Gasteiger partial charge in [0.05, 0.1) is 25.0 Å². The number of carbonyl (C=O) groups excluding carboxylic acids is 3. The van der Waals surface area contributed by atoms with Crippen LogP contribution in [0.4, 0.5) is 0 Å². The number of rotatable bonds is 9. The molecule has 172 valence electrons. The van der Waals surface area contributed by atoms with E-state index >= 15 is 0 Å². The first kappa shape index (κ1) is 25.4. The summed E-state index contributed by atoms with van der Waals surface area (Å²) in [6.07, 6.45) is -1.38. The molecule has 3 atom stereocenters. The Morgan fingerprint density at radius 1 is 1.06 bits per heavy atom. The van der Waals surface area contributed by atoms with E-state index in [2.05, 4.69) is 22.6 Å². The predicted molar refractivity (Wildman–Crippen MR) is 120 cm³/mol. The highest BCUT2D eigenvalue weighted by Gasteiger charge is 2.40. The van der Waals surface area contributed by atoms with Crippen molar-refractivity contribution in [2.24, 2.45) is 11.8 Å². The van der Waals surface area contributed by atoms with Crippen LogP contribution in [0.3, 0.4) is 0 Å². The third-order valence-corrected chi connectivity index (χ3v) is 5.33. The summed E-state index contributed by atoms with van der Waals surface area (Å²) in [5, 5.41) is 0. The fourth-order valence-electron chi connectivity index (χ4n) is 2.88. The van der Waals surface area contributed by atoms with E-state index in [4.69, 9.17) is 23.7 Å². The SMILES string of the molecule is COc1cc(I)ccc1C(=O)OC[C@H]1O[C@H](COC(=O)C(C)C)C[C@@H]1OC(=O)C(C)C. The lowest BCUT2D eigenvalue weighted by molar-refractivity contribution is -0.157. The molecule has 0 spiro atoms. The van der Waals surface area contributed by atoms with Crippen LogP contribution in [0.1, 0.15) is 44.5 Å². The zero-order chi connectivity index (χ0) is 23.1. The highest BCUT2D eigenvalue weighted by atomic mass is 127. The van der Waals surface area contributed by atoms with Crippen LogP contribution in [0.2, 0.25) is 0 Å². The van der Waals surface area contributed by atoms with Crippen LogP contribution in [-0.4, -0.2) is 56.5 Å². The molecule has 2 rings (SSSR count). The summed E-state index contributed by atoms with van der Waals surface area (Å²) < 4.78 is 28.3. The second-order valence-electron chi connectivity index (χ2n) is 7.89. The van der Waals surface area contributed by atoms with Gasteiger partial charge in [-0.2, -0.15) is 0 Å². The lowest BCUT2D eigenvalue weighted by Crippen LogP contribution is -2.33. The number of benzene rings is 1. The van der Waals surface area contributed by atoms with E-state index in [0.29, 0.717) is 17.7 Å². The van der Waals surface area contributed by atoms with E-state index in [-0.39, 0.29) is 37.0 Å². The number of halogens is 1. The summed E-state index contributed by atoms with van der Waals surface area (Å²) in [6, 6.07) is 5.14. The van der Waals surface area contributed by atoms with Crippen molar-refractivity contribution in [2.45, 2.75) is 52.4 Å². The molecule has 1 aliphatic heterocycles. The lowest BCUT2D eigenvalue weighted by atomic mass is 10.1. The van der Waals surface area contributed by atoms with Gasteiger partial charge >= 0.3 is 17.9 Å². The van der Waals surface area contributed by atoms with Crippen LogP contribution in [0.5, 0.6) is 5.75 Å². The molecule has 9 heteroatoms. The molecule has 1 aromatic carbocycles. The molecule has 31 heavy (non-hydrogen) atoms. The second-order valence-corrected chi connectivity index (χ2v) is 9.14. The average Bonchev–Trinajstić information content (AvgIpc) is 3.11. The van der Waals surface area contributed by atoms with Gasteiger partial charge in [-0.25, -0.2) is 4.79 Å². The summed E-state index contributed by atoms with van der Waals surface area (Å²) in [5.74, 6) is -1.43. The Labute approximate surface area is 196 Å². The van der Waals surface area contributed by atoms with E-state index in [9.17, 15) is 14.4 Å². The Morgan fingerprint density at radius 2 is 1.74 bits per heavy atom. The molecule has 8 nitrogen and oxygen atoms in total. The van der Waals surface area contributed by atoms with Gasteiger partial charge in [0.25, 0.3) is 0 Å². The van der Waals surface area contributed by atoms with Crippen LogP contribution in [0, 0.1) is 15.4 Å². The maximum absolute atomic E-state index is 12.6. The van der Waals surface area contributed by atoms with Gasteiger partial charge in [0.1, 0.15) is 36.7 Å². The number of methoxy groups -OCH3 is 1. The molecular weight excluding hydrogens is 519 g/mol. The molecular formula is C22H29IO8. The van der Waals surface area contributed by atoms with Crippen molar-refractivity contribution < 1.29 is 38.1 Å². The summed E-state index contributed by atoms with van der Waals surface area (Å²) in [6.45, 7) is 6.88. The van der Waals surface area contributed by atoms with Gasteiger partial charge in [-0.1, -0.05) is 27.7 Å². The van der Waals surface area contributed by atoms with Gasteiger partial charge in [-0.3, -0.25) is 9.59 Å². The Bertz CT molecular complexity index is 792. The minimum absolute atomic E-state index is 0.0438. The van der Waals surface area contributed by atoms with Crippen molar-refractivity contribution in [3.8, 4) is 5.75 Å². The monoisotopic (exact) mass is 548 g/mol. The third kappa shape index (κ3) is 7.34. The number of hydrogen-bond acceptors (Lipinski definition) is 8. The van der Waals surface area contributed by atoms with E-state index in [0.717, 1.165) is 3.57 Å². The van der Waals surface area contributed by atoms with Gasteiger partial charge in [0, 0.05) is 9.99 Å². The first-order valence-corrected chi connectivity index (χ1v) is 11.2. The Hall–Kier alpha value is -1.88. The maximum Gasteiger partial charge on any atom is 0.342 e. The Morgan fingerprint density at radius 3 is 2.35 bits per heavy atom. The molecule has 1 heterocycles. The highest BCUT2D eigenvalue weighted by Crippen LogP contribution is 2.27. The molecule has 1 aromatic rings. The molecule has 0 radical (unpaired) electrons. The standard InChI is InChI=1S/C22H29IO8/c1-12(2)20(24)28-10-15-9-18(31-21(25)13(3)4)19(30-15)11-29-22(26)16-7-6-14(23)8-17(16)27-5/h6-8,12-13,15,18-19H,9-11H2,1-5H3/t15-,18-,19+/m0/s1. The van der Waals surface area contributed by atoms with Gasteiger partial charge in [0.2, 0.25) is 0 Å². The smallest absolute Gasteiger partial charge is 0.342 e. The van der Waals surface area contributed by atoms with Crippen LogP contribution < -0.4 is 4.74 Å². The van der Waals surface area contributed by atoms with Crippen molar-refractivity contribution in [1.29, 1.82) is 0 Å². The molecule has 0 aromatic heterocycles. The number of carbonyl (C=O) groups is 3. The van der Waals surface area contributed by atoms with Gasteiger partial charge in [0.15, 0.2) is 0 Å². The molecule has 0 aliphatic carbocycles. The van der Waals surface area contributed by atoms with Crippen LogP contribution in [0.15, 0.2) is 18.2 Å². The van der Waals surface area contributed by atoms with Crippen molar-refractivity contribution >= 4 is 40.5 Å². The van der Waals surface area contributed by atoms with E-state index < -0.39 is 24.3 Å². The number of ether oxygens (including phenoxy) is 5. The lowest BCUT2D eigenvalue weighted by Gasteiger charge is -2.20. The predicted octanol–water partition coefficient (Wildman–Crippen LogP) is 3.38. The van der Waals surface area contributed by atoms with Crippen molar-refractivity contribution in [2.75, 3.05) is 20.3 Å². The summed E-state index contributed by atoms with van der Waals surface area (Å²) in [5.41, 5.74) is 0.291. The van der Waals surface area contributed by atoms with Crippen molar-refractivity contribution in [3.63, 3.8) is 0 Å². The minimum atomic E-state index is -0.663. The van der Waals surface area contributed by atoms with Gasteiger partial charge in [-0.05, 0) is 40.8 Å². The summed E-state index contributed by atoms with van der Waals surface area (Å²) in [7, 11) is 1.48. The largest absolute Gasteiger partial charge is 0.496 e. The third-order valence-electron chi connectivity index (χ3n) is 4.66. The normalized spacial score (nSPS) is 20.6. The van der Waals surface area contributed by atoms with Crippen molar-refractivity contribution in [1.82, 2.24) is 0 Å². The molecule has 1 saturated heterocycles. The topological polar surface area (TPSA) is 97.4 Å². The van der Waals surface area contributed by atoms with Gasteiger partial charge < -0.3 is 23.7 Å². The zero-order valence-electron chi connectivity index (χ0n) is 18.4. The molecule has 0 amide bonds. The maximum atomic E-state index is 12.6. The first-order chi connectivity index (χ1) is 14.6. The summed E-state index contributed by atoms with van der Waals surface area (Å²) >= 11 is 2.12. The Kier molecular flexibility index (Phi) is 9.54. The van der Waals surface area contributed by atoms with Crippen molar-refractivity contribution in [3.05, 3.63) is 27.3 Å². The molecule has 0 unspecified atom stereocenters. The Balaban J connectivity index is 2.03. The quantitative estimate of drug-likeness (QED) is 0.263. The van der Waals surface area contributed by atoms with E-state index in [1.54, 1.807) is 45.9 Å². The highest BCUT2D eigenvalue weighted by molar-refractivity contribution is 14.1. The molecule has 0 bridgehead atoms. The fourth-order valence-corrected chi connectivity index (χ4v) is 3.34. The molecule has 1 aliphatic rings.